The Bertz CT molecular complexity index is 1530. The van der Waals surface area contributed by atoms with Crippen molar-refractivity contribution in [3.05, 3.63) is 108 Å². The monoisotopic (exact) mass is 566 g/mol. The summed E-state index contributed by atoms with van der Waals surface area (Å²) in [5.74, 6) is -0.766. The average Bonchev–Trinajstić information content (AvgIpc) is 3.47. The van der Waals surface area contributed by atoms with Gasteiger partial charge in [-0.25, -0.2) is 4.39 Å². The number of hydrogen-bond donors (Lipinski definition) is 2. The van der Waals surface area contributed by atoms with Crippen molar-refractivity contribution in [2.45, 2.75) is 26.2 Å². The van der Waals surface area contributed by atoms with Gasteiger partial charge in [0.15, 0.2) is 0 Å². The predicted octanol–water partition coefficient (Wildman–Crippen LogP) is 5.90. The fourth-order valence-electron chi connectivity index (χ4n) is 5.22. The number of nitrogens with zero attached hydrogens (tertiary/aromatic N) is 2. The second kappa shape index (κ2) is 13.9. The lowest BCUT2D eigenvalue weighted by molar-refractivity contribution is -0.142. The number of rotatable bonds is 11. The van der Waals surface area contributed by atoms with Crippen molar-refractivity contribution < 1.29 is 18.7 Å². The first-order chi connectivity index (χ1) is 20.5. The van der Waals surface area contributed by atoms with Crippen molar-refractivity contribution in [1.29, 1.82) is 0 Å². The Morgan fingerprint density at radius 1 is 1.02 bits per heavy atom. The Balaban J connectivity index is 1.19. The molecule has 4 aromatic rings. The molecule has 0 spiro atoms. The van der Waals surface area contributed by atoms with Crippen molar-refractivity contribution in [1.82, 2.24) is 20.2 Å². The van der Waals surface area contributed by atoms with Crippen LogP contribution in [0.1, 0.15) is 41.3 Å². The van der Waals surface area contributed by atoms with E-state index in [9.17, 15) is 14.0 Å². The molecule has 1 amide bonds. The minimum atomic E-state index is -0.315. The van der Waals surface area contributed by atoms with E-state index in [-0.39, 0.29) is 30.7 Å². The Hall–Kier alpha value is -4.56. The van der Waals surface area contributed by atoms with Crippen LogP contribution in [0.5, 0.6) is 0 Å². The number of benzene rings is 2. The summed E-state index contributed by atoms with van der Waals surface area (Å²) < 4.78 is 18.5. The zero-order valence-electron chi connectivity index (χ0n) is 23.7. The van der Waals surface area contributed by atoms with Gasteiger partial charge in [0.05, 0.1) is 18.7 Å². The Morgan fingerprint density at radius 3 is 2.48 bits per heavy atom. The van der Waals surface area contributed by atoms with Gasteiger partial charge >= 0.3 is 5.97 Å². The van der Waals surface area contributed by atoms with E-state index in [2.05, 4.69) is 32.5 Å². The number of nitrogens with one attached hydrogen (secondary N) is 2. The van der Waals surface area contributed by atoms with Crippen LogP contribution in [0.4, 0.5) is 4.39 Å². The topological polar surface area (TPSA) is 87.3 Å². The van der Waals surface area contributed by atoms with Crippen LogP contribution in [-0.2, 0) is 16.0 Å². The number of pyridine rings is 1. The number of ether oxygens (including phenoxy) is 1. The molecule has 5 rings (SSSR count). The first-order valence-electron chi connectivity index (χ1n) is 14.3. The summed E-state index contributed by atoms with van der Waals surface area (Å²) in [5, 5.41) is 2.76. The van der Waals surface area contributed by atoms with E-state index in [0.717, 1.165) is 60.4 Å². The zero-order valence-corrected chi connectivity index (χ0v) is 23.7. The Morgan fingerprint density at radius 2 is 1.79 bits per heavy atom. The molecule has 3 heterocycles. The van der Waals surface area contributed by atoms with Crippen molar-refractivity contribution in [3.8, 4) is 22.4 Å². The number of aromatic amines is 1. The highest BCUT2D eigenvalue weighted by atomic mass is 19.1. The highest BCUT2D eigenvalue weighted by Gasteiger charge is 2.21. The third-order valence-electron chi connectivity index (χ3n) is 7.47. The number of aromatic nitrogens is 2. The van der Waals surface area contributed by atoms with E-state index in [1.807, 2.05) is 36.4 Å². The lowest BCUT2D eigenvalue weighted by Crippen LogP contribution is -2.30. The van der Waals surface area contributed by atoms with Gasteiger partial charge < -0.3 is 15.0 Å². The third-order valence-corrected chi connectivity index (χ3v) is 7.47. The molecule has 2 aromatic heterocycles. The number of esters is 1. The van der Waals surface area contributed by atoms with Gasteiger partial charge in [0.25, 0.3) is 5.91 Å². The summed E-state index contributed by atoms with van der Waals surface area (Å²) in [5.41, 5.74) is 8.28. The molecule has 2 N–H and O–H groups in total. The van der Waals surface area contributed by atoms with Crippen LogP contribution in [0, 0.1) is 5.82 Å². The molecule has 0 radical (unpaired) electrons. The van der Waals surface area contributed by atoms with E-state index >= 15 is 0 Å². The second-order valence-electron chi connectivity index (χ2n) is 10.2. The van der Waals surface area contributed by atoms with E-state index in [0.29, 0.717) is 12.2 Å². The summed E-state index contributed by atoms with van der Waals surface area (Å²) in [6.07, 6.45) is 9.92. The van der Waals surface area contributed by atoms with Crippen molar-refractivity contribution in [2.75, 3.05) is 32.8 Å². The van der Waals surface area contributed by atoms with Crippen LogP contribution < -0.4 is 5.32 Å². The molecule has 0 atom stereocenters. The number of H-pyrrole nitrogens is 1. The maximum Gasteiger partial charge on any atom is 0.307 e. The van der Waals surface area contributed by atoms with Crippen LogP contribution in [0.2, 0.25) is 0 Å². The first-order valence-corrected chi connectivity index (χ1v) is 14.3. The molecule has 0 bridgehead atoms. The van der Waals surface area contributed by atoms with Gasteiger partial charge in [-0.1, -0.05) is 18.2 Å². The van der Waals surface area contributed by atoms with Crippen molar-refractivity contribution in [2.24, 2.45) is 0 Å². The van der Waals surface area contributed by atoms with E-state index in [1.54, 1.807) is 31.5 Å². The summed E-state index contributed by atoms with van der Waals surface area (Å²) in [6, 6.07) is 18.2. The minimum absolute atomic E-state index is 0.161. The summed E-state index contributed by atoms with van der Waals surface area (Å²) in [6.45, 7) is 5.06. The molecule has 0 fully saturated rings. The molecule has 216 valence electrons. The van der Waals surface area contributed by atoms with Crippen LogP contribution >= 0.6 is 0 Å². The van der Waals surface area contributed by atoms with E-state index in [4.69, 9.17) is 4.74 Å². The fraction of sp³-hybridized carbons (Fsp3) is 0.265. The van der Waals surface area contributed by atoms with Gasteiger partial charge in [0, 0.05) is 61.5 Å². The standard InChI is InChI=1S/C34H35FN4O3/c1-2-42-31(40)13-19-37-34(41)28-5-3-24(4-6-28)14-20-39-21-15-25(16-22-39)30-23-38-33(27-7-9-29(35)10-8-27)32(30)26-11-17-36-18-12-26/h3-12,15,17-18,23,38H,2,13-14,16,19-22H2,1H3,(H,37,41). The smallest absolute Gasteiger partial charge is 0.307 e. The van der Waals surface area contributed by atoms with Crippen molar-refractivity contribution >= 4 is 17.4 Å². The highest BCUT2D eigenvalue weighted by Crippen LogP contribution is 2.39. The van der Waals surface area contributed by atoms with Crippen LogP contribution in [0.3, 0.4) is 0 Å². The molecule has 0 unspecified atom stereocenters. The second-order valence-corrected chi connectivity index (χ2v) is 10.2. The van der Waals surface area contributed by atoms with Gasteiger partial charge in [-0.2, -0.15) is 0 Å². The lowest BCUT2D eigenvalue weighted by Gasteiger charge is -2.26. The number of carbonyl (C=O) groups excluding carboxylic acids is 2. The fourth-order valence-corrected chi connectivity index (χ4v) is 5.22. The van der Waals surface area contributed by atoms with Gasteiger partial charge in [-0.3, -0.25) is 19.5 Å². The molecule has 1 aliphatic heterocycles. The molecular weight excluding hydrogens is 531 g/mol. The summed E-state index contributed by atoms with van der Waals surface area (Å²) in [4.78, 5) is 33.9. The predicted molar refractivity (Wildman–Crippen MR) is 162 cm³/mol. The summed E-state index contributed by atoms with van der Waals surface area (Å²) in [7, 11) is 0. The Labute approximate surface area is 245 Å². The van der Waals surface area contributed by atoms with E-state index < -0.39 is 0 Å². The molecule has 2 aromatic carbocycles. The molecule has 0 aliphatic carbocycles. The zero-order chi connectivity index (χ0) is 29.3. The van der Waals surface area contributed by atoms with Gasteiger partial charge in [0.1, 0.15) is 5.82 Å². The number of carbonyl (C=O) groups is 2. The number of halogens is 1. The molecule has 42 heavy (non-hydrogen) atoms. The molecule has 1 aliphatic rings. The normalized spacial score (nSPS) is 13.4. The van der Waals surface area contributed by atoms with Crippen molar-refractivity contribution in [3.63, 3.8) is 0 Å². The minimum Gasteiger partial charge on any atom is -0.466 e. The molecular formula is C34H35FN4O3. The van der Waals surface area contributed by atoms with Crippen LogP contribution in [0.25, 0.3) is 28.0 Å². The largest absolute Gasteiger partial charge is 0.466 e. The molecule has 0 saturated carbocycles. The number of amides is 1. The maximum absolute atomic E-state index is 13.6. The maximum atomic E-state index is 13.6. The Kier molecular flexibility index (Phi) is 9.56. The van der Waals surface area contributed by atoms with Crippen LogP contribution in [0.15, 0.2) is 85.3 Å². The van der Waals surface area contributed by atoms with Gasteiger partial charge in [0.2, 0.25) is 0 Å². The number of hydrogen-bond acceptors (Lipinski definition) is 5. The molecule has 0 saturated heterocycles. The first kappa shape index (κ1) is 29.0. The van der Waals surface area contributed by atoms with Crippen LogP contribution in [-0.4, -0.2) is 59.5 Å². The third kappa shape index (κ3) is 7.19. The van der Waals surface area contributed by atoms with Gasteiger partial charge in [-0.15, -0.1) is 0 Å². The van der Waals surface area contributed by atoms with Gasteiger partial charge in [-0.05, 0) is 90.6 Å². The lowest BCUT2D eigenvalue weighted by atomic mass is 9.92. The highest BCUT2D eigenvalue weighted by molar-refractivity contribution is 5.94. The molecule has 8 heteroatoms. The SMILES string of the molecule is CCOC(=O)CCNC(=O)c1ccc(CCN2CC=C(c3c[nH]c(-c4ccc(F)cc4)c3-c3ccncc3)CC2)cc1. The quantitative estimate of drug-likeness (QED) is 0.221. The molecule has 7 nitrogen and oxygen atoms in total. The van der Waals surface area contributed by atoms with E-state index in [1.165, 1.54) is 23.3 Å². The summed E-state index contributed by atoms with van der Waals surface area (Å²) >= 11 is 0. The average molecular weight is 567 g/mol.